The average molecular weight is 171 g/mol. The molecule has 2 unspecified atom stereocenters. The second-order valence-corrected chi connectivity index (χ2v) is 3.76. The van der Waals surface area contributed by atoms with Gasteiger partial charge in [-0.05, 0) is 18.8 Å². The second kappa shape index (κ2) is 7.60. The quantitative estimate of drug-likeness (QED) is 0.624. The molecule has 0 fully saturated rings. The van der Waals surface area contributed by atoms with Gasteiger partial charge in [-0.25, -0.2) is 0 Å². The zero-order valence-corrected chi connectivity index (χ0v) is 8.97. The lowest BCUT2D eigenvalue weighted by Gasteiger charge is -2.21. The van der Waals surface area contributed by atoms with Crippen LogP contribution in [-0.2, 0) is 0 Å². The van der Waals surface area contributed by atoms with Gasteiger partial charge >= 0.3 is 0 Å². The molecule has 2 atom stereocenters. The number of nitrogens with two attached hydrogens (primary N) is 1. The summed E-state index contributed by atoms with van der Waals surface area (Å²) in [5.41, 5.74) is 6.08. The van der Waals surface area contributed by atoms with Gasteiger partial charge in [-0.1, -0.05) is 46.5 Å². The number of unbranched alkanes of at least 4 members (excludes halogenated alkanes) is 1. The minimum Gasteiger partial charge on any atom is -0.327 e. The van der Waals surface area contributed by atoms with Gasteiger partial charge in [0.05, 0.1) is 0 Å². The van der Waals surface area contributed by atoms with E-state index < -0.39 is 0 Å². The van der Waals surface area contributed by atoms with Crippen LogP contribution in [0.5, 0.6) is 0 Å². The summed E-state index contributed by atoms with van der Waals surface area (Å²) in [6.45, 7) is 6.72. The topological polar surface area (TPSA) is 26.0 Å². The lowest BCUT2D eigenvalue weighted by Crippen LogP contribution is -2.29. The maximum atomic E-state index is 6.08. The third-order valence-electron chi connectivity index (χ3n) is 2.68. The van der Waals surface area contributed by atoms with Crippen molar-refractivity contribution in [2.24, 2.45) is 11.7 Å². The molecule has 0 rings (SSSR count). The summed E-state index contributed by atoms with van der Waals surface area (Å²) >= 11 is 0. The van der Waals surface area contributed by atoms with Crippen LogP contribution in [-0.4, -0.2) is 6.04 Å². The van der Waals surface area contributed by atoms with Crippen molar-refractivity contribution in [3.8, 4) is 0 Å². The van der Waals surface area contributed by atoms with Crippen LogP contribution in [0.15, 0.2) is 0 Å². The van der Waals surface area contributed by atoms with Gasteiger partial charge in [0.25, 0.3) is 0 Å². The molecular formula is C11H25N. The van der Waals surface area contributed by atoms with Crippen molar-refractivity contribution in [2.75, 3.05) is 0 Å². The zero-order chi connectivity index (χ0) is 9.40. The Morgan fingerprint density at radius 1 is 1.00 bits per heavy atom. The van der Waals surface area contributed by atoms with Crippen LogP contribution in [0.3, 0.4) is 0 Å². The van der Waals surface area contributed by atoms with Gasteiger partial charge in [-0.15, -0.1) is 0 Å². The van der Waals surface area contributed by atoms with E-state index in [9.17, 15) is 0 Å². The summed E-state index contributed by atoms with van der Waals surface area (Å²) < 4.78 is 0. The van der Waals surface area contributed by atoms with Crippen LogP contribution >= 0.6 is 0 Å². The monoisotopic (exact) mass is 171 g/mol. The van der Waals surface area contributed by atoms with Crippen molar-refractivity contribution in [3.05, 3.63) is 0 Å². The minimum atomic E-state index is 0.451. The van der Waals surface area contributed by atoms with Crippen LogP contribution in [0.4, 0.5) is 0 Å². The summed E-state index contributed by atoms with van der Waals surface area (Å²) in [6, 6.07) is 0.451. The van der Waals surface area contributed by atoms with Crippen molar-refractivity contribution >= 4 is 0 Å². The molecule has 1 heteroatoms. The van der Waals surface area contributed by atoms with E-state index in [1.807, 2.05) is 0 Å². The molecule has 0 radical (unpaired) electrons. The maximum Gasteiger partial charge on any atom is 0.00669 e. The van der Waals surface area contributed by atoms with Gasteiger partial charge in [0.2, 0.25) is 0 Å². The molecule has 74 valence electrons. The van der Waals surface area contributed by atoms with Gasteiger partial charge in [0, 0.05) is 6.04 Å². The second-order valence-electron chi connectivity index (χ2n) is 3.76. The van der Waals surface area contributed by atoms with Crippen molar-refractivity contribution in [2.45, 2.75) is 65.3 Å². The van der Waals surface area contributed by atoms with Crippen LogP contribution in [0, 0.1) is 5.92 Å². The molecule has 12 heavy (non-hydrogen) atoms. The number of hydrogen-bond acceptors (Lipinski definition) is 1. The molecule has 0 bridgehead atoms. The fourth-order valence-electron chi connectivity index (χ4n) is 1.76. The predicted octanol–water partition coefficient (Wildman–Crippen LogP) is 3.33. The standard InChI is InChI=1S/C11H25N/c1-4-7-9-10(6-3)11(12)8-5-2/h10-11H,4-9,12H2,1-3H3. The minimum absolute atomic E-state index is 0.451. The molecule has 1 nitrogen and oxygen atoms in total. The van der Waals surface area contributed by atoms with E-state index in [2.05, 4.69) is 20.8 Å². The summed E-state index contributed by atoms with van der Waals surface area (Å²) in [6.07, 6.45) is 7.65. The van der Waals surface area contributed by atoms with E-state index in [0.29, 0.717) is 6.04 Å². The van der Waals surface area contributed by atoms with Gasteiger partial charge in [-0.2, -0.15) is 0 Å². The lowest BCUT2D eigenvalue weighted by molar-refractivity contribution is 0.354. The van der Waals surface area contributed by atoms with E-state index in [1.165, 1.54) is 38.5 Å². The Kier molecular flexibility index (Phi) is 7.58. The molecule has 0 saturated heterocycles. The first-order chi connectivity index (χ1) is 5.76. The summed E-state index contributed by atoms with van der Waals surface area (Å²) in [5.74, 6) is 0.768. The number of hydrogen-bond donors (Lipinski definition) is 1. The van der Waals surface area contributed by atoms with Crippen LogP contribution < -0.4 is 5.73 Å². The Morgan fingerprint density at radius 2 is 1.67 bits per heavy atom. The average Bonchev–Trinajstić information content (AvgIpc) is 2.06. The Bertz CT molecular complexity index is 91.0. The van der Waals surface area contributed by atoms with E-state index in [0.717, 1.165) is 5.92 Å². The van der Waals surface area contributed by atoms with Gasteiger partial charge in [-0.3, -0.25) is 0 Å². The Morgan fingerprint density at radius 3 is 2.08 bits per heavy atom. The smallest absolute Gasteiger partial charge is 0.00669 e. The molecule has 0 aromatic carbocycles. The molecule has 0 heterocycles. The van der Waals surface area contributed by atoms with Crippen molar-refractivity contribution in [1.82, 2.24) is 0 Å². The van der Waals surface area contributed by atoms with E-state index in [-0.39, 0.29) is 0 Å². The first-order valence-electron chi connectivity index (χ1n) is 5.51. The molecule has 0 aliphatic rings. The molecule has 0 aromatic rings. The molecule has 0 aromatic heterocycles. The first kappa shape index (κ1) is 12.0. The maximum absolute atomic E-state index is 6.08. The van der Waals surface area contributed by atoms with Crippen LogP contribution in [0.1, 0.15) is 59.3 Å². The molecule has 2 N–H and O–H groups in total. The third-order valence-corrected chi connectivity index (χ3v) is 2.68. The van der Waals surface area contributed by atoms with Gasteiger partial charge in [0.1, 0.15) is 0 Å². The molecule has 0 saturated carbocycles. The van der Waals surface area contributed by atoms with Crippen LogP contribution in [0.2, 0.25) is 0 Å². The molecule has 0 aliphatic carbocycles. The van der Waals surface area contributed by atoms with Gasteiger partial charge < -0.3 is 5.73 Å². The SMILES string of the molecule is CCCCC(CC)C(N)CCC. The highest BCUT2D eigenvalue weighted by molar-refractivity contribution is 4.71. The Labute approximate surface area is 77.7 Å². The summed E-state index contributed by atoms with van der Waals surface area (Å²) in [4.78, 5) is 0. The van der Waals surface area contributed by atoms with Crippen molar-refractivity contribution in [1.29, 1.82) is 0 Å². The molecular weight excluding hydrogens is 146 g/mol. The van der Waals surface area contributed by atoms with E-state index in [1.54, 1.807) is 0 Å². The highest BCUT2D eigenvalue weighted by atomic mass is 14.6. The number of rotatable bonds is 7. The molecule has 0 aliphatic heterocycles. The van der Waals surface area contributed by atoms with Crippen molar-refractivity contribution in [3.63, 3.8) is 0 Å². The predicted molar refractivity (Wildman–Crippen MR) is 56.2 cm³/mol. The fraction of sp³-hybridized carbons (Fsp3) is 1.00. The Hall–Kier alpha value is -0.0400. The summed E-state index contributed by atoms with van der Waals surface area (Å²) in [5, 5.41) is 0. The normalized spacial score (nSPS) is 16.0. The first-order valence-corrected chi connectivity index (χ1v) is 5.51. The highest BCUT2D eigenvalue weighted by Crippen LogP contribution is 2.18. The largest absolute Gasteiger partial charge is 0.327 e. The Balaban J connectivity index is 3.62. The third kappa shape index (κ3) is 4.76. The zero-order valence-electron chi connectivity index (χ0n) is 8.97. The molecule has 0 spiro atoms. The van der Waals surface area contributed by atoms with Crippen molar-refractivity contribution < 1.29 is 0 Å². The van der Waals surface area contributed by atoms with Crippen LogP contribution in [0.25, 0.3) is 0 Å². The fourth-order valence-corrected chi connectivity index (χ4v) is 1.76. The molecule has 0 amide bonds. The highest BCUT2D eigenvalue weighted by Gasteiger charge is 2.13. The van der Waals surface area contributed by atoms with E-state index in [4.69, 9.17) is 5.73 Å². The lowest BCUT2D eigenvalue weighted by atomic mass is 9.89. The summed E-state index contributed by atoms with van der Waals surface area (Å²) in [7, 11) is 0. The van der Waals surface area contributed by atoms with Gasteiger partial charge in [0.15, 0.2) is 0 Å². The van der Waals surface area contributed by atoms with E-state index >= 15 is 0 Å².